The van der Waals surface area contributed by atoms with Gasteiger partial charge in [-0.25, -0.2) is 0 Å². The van der Waals surface area contributed by atoms with Crippen LogP contribution in [-0.4, -0.2) is 20.1 Å². The maximum absolute atomic E-state index is 10.6. The molecule has 0 amide bonds. The lowest BCUT2D eigenvalue weighted by Crippen LogP contribution is -2.30. The van der Waals surface area contributed by atoms with Crippen LogP contribution in [0.15, 0.2) is 12.8 Å². The predicted octanol–water partition coefficient (Wildman–Crippen LogP) is 1.60. The van der Waals surface area contributed by atoms with Gasteiger partial charge in [-0.05, 0) is 20.0 Å². The summed E-state index contributed by atoms with van der Waals surface area (Å²) in [5.41, 5.74) is 0. The Balaban J connectivity index is 4.14. The molecule has 0 atom stereocenters. The van der Waals surface area contributed by atoms with Crippen LogP contribution in [0.1, 0.15) is 13.8 Å². The Morgan fingerprint density at radius 1 is 1.75 bits per heavy atom. The van der Waals surface area contributed by atoms with Gasteiger partial charge in [0.25, 0.3) is 0 Å². The molecule has 0 spiro atoms. The van der Waals surface area contributed by atoms with Crippen LogP contribution in [0.25, 0.3) is 0 Å². The van der Waals surface area contributed by atoms with Crippen molar-refractivity contribution in [1.29, 1.82) is 0 Å². The smallest absolute Gasteiger partial charge is 0.319 e. The van der Waals surface area contributed by atoms with E-state index in [9.17, 15) is 4.79 Å². The summed E-state index contributed by atoms with van der Waals surface area (Å²) < 4.78 is -0.481. The molecule has 0 saturated heterocycles. The molecular formula is C7H11NO2S2. The lowest BCUT2D eigenvalue weighted by atomic mass is 10.2. The number of thiocarbonyl (C=S) groups is 1. The minimum Gasteiger partial charge on any atom is -0.480 e. The second-order valence-electron chi connectivity index (χ2n) is 2.55. The van der Waals surface area contributed by atoms with Crippen molar-refractivity contribution in [3.05, 3.63) is 12.8 Å². The number of rotatable bonds is 3. The molecule has 5 heteroatoms. The van der Waals surface area contributed by atoms with Crippen molar-refractivity contribution in [2.45, 2.75) is 18.6 Å². The largest absolute Gasteiger partial charge is 0.480 e. The summed E-state index contributed by atoms with van der Waals surface area (Å²) in [4.78, 5) is 10.6. The van der Waals surface area contributed by atoms with E-state index in [1.54, 1.807) is 13.8 Å². The average Bonchev–Trinajstić information content (AvgIpc) is 1.85. The lowest BCUT2D eigenvalue weighted by Gasteiger charge is -2.18. The third kappa shape index (κ3) is 3.73. The highest BCUT2D eigenvalue weighted by atomic mass is 32.2. The molecule has 0 bridgehead atoms. The number of thioether (sulfide) groups is 1. The van der Waals surface area contributed by atoms with E-state index < -0.39 is 10.7 Å². The first kappa shape index (κ1) is 11.4. The number of carboxylic acids is 1. The van der Waals surface area contributed by atoms with Gasteiger partial charge in [0, 0.05) is 0 Å². The van der Waals surface area contributed by atoms with E-state index >= 15 is 0 Å². The Morgan fingerprint density at radius 3 is 2.58 bits per heavy atom. The summed E-state index contributed by atoms with van der Waals surface area (Å²) in [6, 6.07) is 0. The van der Waals surface area contributed by atoms with E-state index in [1.807, 2.05) is 0 Å². The maximum Gasteiger partial charge on any atom is 0.319 e. The fourth-order valence-corrected chi connectivity index (χ4v) is 1.79. The van der Waals surface area contributed by atoms with Crippen molar-refractivity contribution in [3.63, 3.8) is 0 Å². The van der Waals surface area contributed by atoms with Crippen LogP contribution < -0.4 is 5.32 Å². The van der Waals surface area contributed by atoms with Crippen LogP contribution in [0.5, 0.6) is 0 Å². The van der Waals surface area contributed by atoms with Gasteiger partial charge in [0.05, 0.1) is 0 Å². The van der Waals surface area contributed by atoms with Gasteiger partial charge >= 0.3 is 5.97 Å². The minimum absolute atomic E-state index is 0.414. The second kappa shape index (κ2) is 4.47. The summed E-state index contributed by atoms with van der Waals surface area (Å²) in [5, 5.41) is 11.4. The van der Waals surface area contributed by atoms with Gasteiger partial charge in [-0.2, -0.15) is 0 Å². The Hall–Kier alpha value is -0.550. The number of carboxylic acid groups (broad SMARTS) is 1. The van der Waals surface area contributed by atoms with E-state index in [0.29, 0.717) is 4.32 Å². The number of hydrogen-bond acceptors (Lipinski definition) is 3. The molecule has 0 rings (SSSR count). The first-order valence-corrected chi connectivity index (χ1v) is 4.46. The quantitative estimate of drug-likeness (QED) is 0.685. The molecule has 0 radical (unpaired) electrons. The molecule has 0 heterocycles. The van der Waals surface area contributed by atoms with E-state index in [4.69, 9.17) is 17.3 Å². The molecule has 0 fully saturated rings. The van der Waals surface area contributed by atoms with Crippen molar-refractivity contribution < 1.29 is 9.90 Å². The molecule has 3 nitrogen and oxygen atoms in total. The third-order valence-corrected chi connectivity index (χ3v) is 2.44. The first-order valence-electron chi connectivity index (χ1n) is 3.24. The van der Waals surface area contributed by atoms with Crippen LogP contribution in [-0.2, 0) is 4.79 Å². The van der Waals surface area contributed by atoms with E-state index in [0.717, 1.165) is 11.8 Å². The molecular weight excluding hydrogens is 194 g/mol. The standard InChI is InChI=1S/C7H11NO2S2/c1-4-8-6(11)12-7(2,3)5(9)10/h4H,1H2,2-3H3,(H,8,11)(H,9,10). The molecule has 0 unspecified atom stereocenters. The van der Waals surface area contributed by atoms with E-state index in [-0.39, 0.29) is 0 Å². The number of carbonyl (C=O) groups is 1. The molecule has 68 valence electrons. The minimum atomic E-state index is -0.896. The SMILES string of the molecule is C=CNC(=S)SC(C)(C)C(=O)O. The molecule has 0 aromatic rings. The summed E-state index contributed by atoms with van der Waals surface area (Å²) in [7, 11) is 0. The van der Waals surface area contributed by atoms with Crippen LogP contribution in [0.4, 0.5) is 0 Å². The second-order valence-corrected chi connectivity index (χ2v) is 4.85. The molecule has 0 aliphatic rings. The third-order valence-electron chi connectivity index (χ3n) is 1.08. The topological polar surface area (TPSA) is 49.3 Å². The average molecular weight is 205 g/mol. The number of aliphatic carboxylic acids is 1. The monoisotopic (exact) mass is 205 g/mol. The van der Waals surface area contributed by atoms with E-state index in [2.05, 4.69) is 11.9 Å². The summed E-state index contributed by atoms with van der Waals surface area (Å²) in [6.07, 6.45) is 1.42. The molecule has 0 saturated carbocycles. The molecule has 0 aromatic heterocycles. The van der Waals surface area contributed by atoms with Gasteiger partial charge in [0.2, 0.25) is 0 Å². The Bertz CT molecular complexity index is 213. The van der Waals surface area contributed by atoms with Crippen LogP contribution >= 0.6 is 24.0 Å². The maximum atomic E-state index is 10.6. The highest BCUT2D eigenvalue weighted by Crippen LogP contribution is 2.24. The van der Waals surface area contributed by atoms with Gasteiger partial charge in [-0.15, -0.1) is 0 Å². The van der Waals surface area contributed by atoms with Crippen LogP contribution in [0, 0.1) is 0 Å². The summed E-state index contributed by atoms with van der Waals surface area (Å²) in [5.74, 6) is -0.888. The van der Waals surface area contributed by atoms with Crippen molar-refractivity contribution in [2.24, 2.45) is 0 Å². The van der Waals surface area contributed by atoms with Crippen molar-refractivity contribution >= 4 is 34.3 Å². The van der Waals surface area contributed by atoms with Gasteiger partial charge in [-0.3, -0.25) is 4.79 Å². The number of nitrogens with one attached hydrogen (secondary N) is 1. The van der Waals surface area contributed by atoms with Gasteiger partial charge < -0.3 is 10.4 Å². The molecule has 12 heavy (non-hydrogen) atoms. The molecule has 0 aliphatic carbocycles. The van der Waals surface area contributed by atoms with Gasteiger partial charge in [0.15, 0.2) is 0 Å². The van der Waals surface area contributed by atoms with Crippen molar-refractivity contribution in [1.82, 2.24) is 5.32 Å². The Labute approximate surface area is 81.2 Å². The Kier molecular flexibility index (Phi) is 4.26. The van der Waals surface area contributed by atoms with Crippen molar-refractivity contribution in [3.8, 4) is 0 Å². The summed E-state index contributed by atoms with van der Waals surface area (Å²) >= 11 is 5.92. The normalized spacial score (nSPS) is 10.5. The zero-order chi connectivity index (χ0) is 9.78. The van der Waals surface area contributed by atoms with E-state index in [1.165, 1.54) is 6.20 Å². The summed E-state index contributed by atoms with van der Waals surface area (Å²) in [6.45, 7) is 6.60. The predicted molar refractivity (Wildman–Crippen MR) is 55.2 cm³/mol. The van der Waals surface area contributed by atoms with Crippen molar-refractivity contribution in [2.75, 3.05) is 0 Å². The molecule has 0 aliphatic heterocycles. The van der Waals surface area contributed by atoms with Crippen LogP contribution in [0.3, 0.4) is 0 Å². The molecule has 0 aromatic carbocycles. The fourth-order valence-electron chi connectivity index (χ4n) is 0.388. The lowest BCUT2D eigenvalue weighted by molar-refractivity contribution is -0.138. The zero-order valence-electron chi connectivity index (χ0n) is 6.96. The highest BCUT2D eigenvalue weighted by Gasteiger charge is 2.29. The fraction of sp³-hybridized carbons (Fsp3) is 0.429. The number of hydrogen-bond donors (Lipinski definition) is 2. The van der Waals surface area contributed by atoms with Gasteiger partial charge in [-0.1, -0.05) is 30.6 Å². The first-order chi connectivity index (χ1) is 5.40. The Morgan fingerprint density at radius 2 is 2.25 bits per heavy atom. The highest BCUT2D eigenvalue weighted by molar-refractivity contribution is 8.24. The molecule has 2 N–H and O–H groups in total. The van der Waals surface area contributed by atoms with Gasteiger partial charge in [0.1, 0.15) is 9.07 Å². The zero-order valence-corrected chi connectivity index (χ0v) is 8.59. The van der Waals surface area contributed by atoms with Crippen LogP contribution in [0.2, 0.25) is 0 Å².